The first kappa shape index (κ1) is 28.1. The summed E-state index contributed by atoms with van der Waals surface area (Å²) in [7, 11) is -4.35. The van der Waals surface area contributed by atoms with Gasteiger partial charge in [0.2, 0.25) is 0 Å². The van der Waals surface area contributed by atoms with Crippen molar-refractivity contribution in [2.75, 3.05) is 0 Å². The maximum Gasteiger partial charge on any atom is 1.00 e. The number of benzene rings is 1. The van der Waals surface area contributed by atoms with Crippen molar-refractivity contribution in [3.05, 3.63) is 29.8 Å². The van der Waals surface area contributed by atoms with E-state index in [1.165, 1.54) is 94.7 Å². The van der Waals surface area contributed by atoms with Crippen molar-refractivity contribution < 1.29 is 42.5 Å². The summed E-state index contributed by atoms with van der Waals surface area (Å²) < 4.78 is 33.4. The van der Waals surface area contributed by atoms with Crippen LogP contribution in [0.2, 0.25) is 0 Å². The quantitative estimate of drug-likeness (QED) is 0.230. The van der Waals surface area contributed by atoms with Crippen molar-refractivity contribution >= 4 is 10.1 Å². The smallest absolute Gasteiger partial charge is 0.744 e. The first-order chi connectivity index (χ1) is 13.0. The van der Waals surface area contributed by atoms with Crippen molar-refractivity contribution in [1.29, 1.82) is 0 Å². The molecule has 1 aromatic rings. The summed E-state index contributed by atoms with van der Waals surface area (Å²) in [5, 5.41) is 0. The second-order valence-corrected chi connectivity index (χ2v) is 9.21. The number of hydrogen-bond acceptors (Lipinski definition) is 3. The van der Waals surface area contributed by atoms with Gasteiger partial charge in [-0.3, -0.25) is 0 Å². The van der Waals surface area contributed by atoms with Gasteiger partial charge in [-0.25, -0.2) is 8.42 Å². The van der Waals surface area contributed by atoms with Gasteiger partial charge in [-0.15, -0.1) is 0 Å². The van der Waals surface area contributed by atoms with Gasteiger partial charge in [0.15, 0.2) is 0 Å². The van der Waals surface area contributed by atoms with Crippen LogP contribution < -0.4 is 29.6 Å². The van der Waals surface area contributed by atoms with Gasteiger partial charge in [0, 0.05) is 0 Å². The molecular formula is C23H39NaO3S. The van der Waals surface area contributed by atoms with E-state index in [2.05, 4.69) is 13.8 Å². The zero-order valence-electron chi connectivity index (χ0n) is 18.4. The maximum atomic E-state index is 11.1. The van der Waals surface area contributed by atoms with Crippen LogP contribution in [0.5, 0.6) is 0 Å². The minimum Gasteiger partial charge on any atom is -0.744 e. The molecule has 0 N–H and O–H groups in total. The molecule has 0 aliphatic carbocycles. The summed E-state index contributed by atoms with van der Waals surface area (Å²) in [6.45, 7) is 4.47. The molecule has 1 aromatic carbocycles. The van der Waals surface area contributed by atoms with E-state index in [0.29, 0.717) is 5.92 Å². The SMILES string of the molecule is CCCCCCCCCCCC(CCCCC)c1ccc(S(=O)(=O)[O-])cc1.[Na+]. The molecule has 0 aliphatic rings. The van der Waals surface area contributed by atoms with Crippen LogP contribution >= 0.6 is 0 Å². The number of unbranched alkanes of at least 4 members (excludes halogenated alkanes) is 10. The van der Waals surface area contributed by atoms with Crippen molar-refractivity contribution in [2.45, 2.75) is 115 Å². The van der Waals surface area contributed by atoms with E-state index in [4.69, 9.17) is 0 Å². The minimum absolute atomic E-state index is 0. The molecule has 0 aromatic heterocycles. The minimum atomic E-state index is -4.35. The van der Waals surface area contributed by atoms with E-state index >= 15 is 0 Å². The molecule has 0 amide bonds. The van der Waals surface area contributed by atoms with Crippen LogP contribution in [0.3, 0.4) is 0 Å². The first-order valence-corrected chi connectivity index (χ1v) is 12.5. The third-order valence-corrected chi connectivity index (χ3v) is 6.30. The third kappa shape index (κ3) is 12.6. The monoisotopic (exact) mass is 418 g/mol. The van der Waals surface area contributed by atoms with Gasteiger partial charge in [-0.2, -0.15) is 0 Å². The molecular weight excluding hydrogens is 379 g/mol. The molecule has 0 fully saturated rings. The van der Waals surface area contributed by atoms with E-state index in [1.807, 2.05) is 12.1 Å². The molecule has 0 saturated carbocycles. The number of rotatable bonds is 16. The number of hydrogen-bond donors (Lipinski definition) is 0. The maximum absolute atomic E-state index is 11.1. The fourth-order valence-corrected chi connectivity index (χ4v) is 4.20. The molecule has 0 saturated heterocycles. The molecule has 1 unspecified atom stereocenters. The Hall–Kier alpha value is 0.130. The predicted molar refractivity (Wildman–Crippen MR) is 113 cm³/mol. The fraction of sp³-hybridized carbons (Fsp3) is 0.739. The molecule has 0 spiro atoms. The molecule has 28 heavy (non-hydrogen) atoms. The first-order valence-electron chi connectivity index (χ1n) is 11.0. The van der Waals surface area contributed by atoms with Crippen LogP contribution in [0, 0.1) is 0 Å². The zero-order valence-corrected chi connectivity index (χ0v) is 21.2. The van der Waals surface area contributed by atoms with Gasteiger partial charge in [0.05, 0.1) is 4.90 Å². The summed E-state index contributed by atoms with van der Waals surface area (Å²) >= 11 is 0. The van der Waals surface area contributed by atoms with Gasteiger partial charge in [0.1, 0.15) is 10.1 Å². The Labute approximate surface area is 196 Å². The van der Waals surface area contributed by atoms with Crippen LogP contribution in [-0.4, -0.2) is 13.0 Å². The summed E-state index contributed by atoms with van der Waals surface area (Å²) in [5.41, 5.74) is 1.18. The normalized spacial score (nSPS) is 12.5. The van der Waals surface area contributed by atoms with Crippen LogP contribution in [0.1, 0.15) is 115 Å². The molecule has 156 valence electrons. The molecule has 3 nitrogen and oxygen atoms in total. The summed E-state index contributed by atoms with van der Waals surface area (Å²) in [5.74, 6) is 0.476. The average Bonchev–Trinajstić information content (AvgIpc) is 2.65. The van der Waals surface area contributed by atoms with Gasteiger partial charge in [-0.05, 0) is 36.5 Å². The third-order valence-electron chi connectivity index (χ3n) is 5.45. The van der Waals surface area contributed by atoms with E-state index in [0.717, 1.165) is 12.8 Å². The van der Waals surface area contributed by atoms with Crippen LogP contribution in [0.25, 0.3) is 0 Å². The van der Waals surface area contributed by atoms with Gasteiger partial charge >= 0.3 is 29.6 Å². The average molecular weight is 419 g/mol. The van der Waals surface area contributed by atoms with E-state index in [1.54, 1.807) is 0 Å². The van der Waals surface area contributed by atoms with E-state index in [9.17, 15) is 13.0 Å². The molecule has 0 aliphatic heterocycles. The molecule has 0 radical (unpaired) electrons. The Morgan fingerprint density at radius 2 is 1.11 bits per heavy atom. The van der Waals surface area contributed by atoms with Crippen LogP contribution in [0.4, 0.5) is 0 Å². The second-order valence-electron chi connectivity index (χ2n) is 7.83. The summed E-state index contributed by atoms with van der Waals surface area (Å²) in [6, 6.07) is 6.63. The van der Waals surface area contributed by atoms with E-state index < -0.39 is 10.1 Å². The Morgan fingerprint density at radius 3 is 1.57 bits per heavy atom. The molecule has 1 atom stereocenters. The predicted octanol–water partition coefficient (Wildman–Crippen LogP) is 4.18. The Balaban J connectivity index is 0.00000729. The second kappa shape index (κ2) is 16.9. The van der Waals surface area contributed by atoms with Crippen molar-refractivity contribution in [1.82, 2.24) is 0 Å². The van der Waals surface area contributed by atoms with Gasteiger partial charge in [-0.1, -0.05) is 103 Å². The van der Waals surface area contributed by atoms with Crippen molar-refractivity contribution in [3.63, 3.8) is 0 Å². The van der Waals surface area contributed by atoms with Crippen molar-refractivity contribution in [2.24, 2.45) is 0 Å². The van der Waals surface area contributed by atoms with Crippen LogP contribution in [0.15, 0.2) is 29.2 Å². The molecule has 0 bridgehead atoms. The Bertz CT molecular complexity index is 584. The van der Waals surface area contributed by atoms with Crippen LogP contribution in [-0.2, 0) is 10.1 Å². The molecule has 0 heterocycles. The standard InChI is InChI=1S/C23H40O3S.Na/c1-3-5-7-8-9-10-11-12-14-16-21(15-13-6-4-2)22-17-19-23(20-18-22)27(24,25)26;/h17-21H,3-16H2,1-2H3,(H,24,25,26);/q;+1/p-1. The fourth-order valence-electron chi connectivity index (χ4n) is 3.73. The van der Waals surface area contributed by atoms with Gasteiger partial charge < -0.3 is 4.55 Å². The molecule has 5 heteroatoms. The summed E-state index contributed by atoms with van der Waals surface area (Å²) in [4.78, 5) is -0.123. The van der Waals surface area contributed by atoms with E-state index in [-0.39, 0.29) is 34.5 Å². The Kier molecular flexibility index (Phi) is 17.0. The van der Waals surface area contributed by atoms with Crippen molar-refractivity contribution in [3.8, 4) is 0 Å². The largest absolute Gasteiger partial charge is 1.00 e. The Morgan fingerprint density at radius 1 is 0.714 bits per heavy atom. The zero-order chi connectivity index (χ0) is 20.0. The topological polar surface area (TPSA) is 57.2 Å². The van der Waals surface area contributed by atoms with Gasteiger partial charge in [0.25, 0.3) is 0 Å². The molecule has 1 rings (SSSR count). The summed E-state index contributed by atoms with van der Waals surface area (Å²) in [6.07, 6.45) is 17.9.